The van der Waals surface area contributed by atoms with Crippen molar-refractivity contribution in [3.8, 4) is 0 Å². The van der Waals surface area contributed by atoms with Crippen molar-refractivity contribution in [2.45, 2.75) is 262 Å². The van der Waals surface area contributed by atoms with E-state index in [2.05, 4.69) is 198 Å². The van der Waals surface area contributed by atoms with Crippen molar-refractivity contribution in [2.24, 2.45) is 50.5 Å². The van der Waals surface area contributed by atoms with Crippen LogP contribution < -0.4 is 0 Å². The Kier molecular flexibility index (Phi) is 166. The molecule has 0 aromatic rings. The second kappa shape index (κ2) is 91.8. The third-order valence-corrected chi connectivity index (χ3v) is 6.44. The highest BCUT2D eigenvalue weighted by molar-refractivity contribution is 5.79. The van der Waals surface area contributed by atoms with Crippen LogP contribution in [0.1, 0.15) is 237 Å². The smallest absolute Gasteiger partial charge is 0.0442 e. The minimum atomic E-state index is 0. The van der Waals surface area contributed by atoms with E-state index in [1.165, 1.54) is 5.57 Å². The predicted molar refractivity (Wildman–Crippen MR) is 303 cm³/mol. The lowest BCUT2D eigenvalue weighted by atomic mass is 9.78. The maximum atomic E-state index is 4.19. The monoisotopic (exact) mass is 851 g/mol. The zero-order valence-corrected chi connectivity index (χ0v) is 45.3. The Hall–Kier alpha value is -1.81. The third kappa shape index (κ3) is 113. The van der Waals surface area contributed by atoms with Gasteiger partial charge in [0.05, 0.1) is 0 Å². The first-order chi connectivity index (χ1) is 25.3. The molecule has 0 heterocycles. The van der Waals surface area contributed by atoms with Gasteiger partial charge >= 0.3 is 0 Å². The maximum Gasteiger partial charge on any atom is 0.0442 e. The second-order valence-corrected chi connectivity index (χ2v) is 14.6. The van der Waals surface area contributed by atoms with Crippen LogP contribution in [0.4, 0.5) is 0 Å². The van der Waals surface area contributed by atoms with E-state index in [1.54, 1.807) is 19.7 Å². The minimum absolute atomic E-state index is 0. The summed E-state index contributed by atoms with van der Waals surface area (Å²) in [6.07, 6.45) is 0. The van der Waals surface area contributed by atoms with Gasteiger partial charge < -0.3 is 9.98 Å². The molecule has 0 aliphatic carbocycles. The van der Waals surface area contributed by atoms with Crippen molar-refractivity contribution in [3.05, 3.63) is 37.5 Å². The highest BCUT2D eigenvalue weighted by Crippen LogP contribution is 2.27. The normalized spacial score (nSPS) is 8.19. The molecular formula is C55H134N4. The van der Waals surface area contributed by atoms with Gasteiger partial charge in [-0.3, -0.25) is 9.89 Å². The molecule has 0 rings (SSSR count). The van der Waals surface area contributed by atoms with Crippen molar-refractivity contribution >= 4 is 19.1 Å². The van der Waals surface area contributed by atoms with Crippen molar-refractivity contribution in [3.63, 3.8) is 0 Å². The van der Waals surface area contributed by atoms with Gasteiger partial charge in [-0.05, 0) is 132 Å². The molecule has 0 aliphatic heterocycles. The molecule has 4 heteroatoms. The van der Waals surface area contributed by atoms with Crippen LogP contribution in [0.25, 0.3) is 0 Å². The molecule has 0 aromatic heterocycles. The quantitative estimate of drug-likeness (QED) is 0.168. The molecule has 0 radical (unpaired) electrons. The van der Waals surface area contributed by atoms with Gasteiger partial charge in [0.1, 0.15) is 0 Å². The van der Waals surface area contributed by atoms with Gasteiger partial charge in [0.25, 0.3) is 0 Å². The van der Waals surface area contributed by atoms with Gasteiger partial charge in [0.15, 0.2) is 0 Å². The van der Waals surface area contributed by atoms with Crippen molar-refractivity contribution in [2.75, 3.05) is 14.1 Å². The molecule has 0 aromatic carbocycles. The molecule has 0 spiro atoms. The Morgan fingerprint density at radius 1 is 0.407 bits per heavy atom. The Balaban J connectivity index is -0.0000000259. The average Bonchev–Trinajstić information content (AvgIpc) is 3.06. The largest absolute Gasteiger partial charge is 0.304 e. The zero-order chi connectivity index (χ0) is 48.2. The number of hydrogen-bond donors (Lipinski definition) is 0. The highest BCUT2D eigenvalue weighted by atomic mass is 15.2. The van der Waals surface area contributed by atoms with Crippen LogP contribution in [0.5, 0.6) is 0 Å². The van der Waals surface area contributed by atoms with Crippen LogP contribution in [-0.2, 0) is 0 Å². The van der Waals surface area contributed by atoms with Gasteiger partial charge in [-0.15, -0.1) is 26.3 Å². The molecule has 4 nitrogen and oxygen atoms in total. The Labute approximate surface area is 386 Å². The number of aliphatic imine (C=N–C) groups is 3. The van der Waals surface area contributed by atoms with Crippen molar-refractivity contribution in [1.29, 1.82) is 0 Å². The third-order valence-electron chi connectivity index (χ3n) is 6.44. The summed E-state index contributed by atoms with van der Waals surface area (Å²) in [5.74, 6) is 4.81. The van der Waals surface area contributed by atoms with Crippen LogP contribution in [0.15, 0.2) is 52.4 Å². The average molecular weight is 852 g/mol. The molecule has 0 unspecified atom stereocenters. The maximum absolute atomic E-state index is 4.19. The Morgan fingerprint density at radius 3 is 0.576 bits per heavy atom. The molecule has 59 heavy (non-hydrogen) atoms. The van der Waals surface area contributed by atoms with Crippen LogP contribution in [0, 0.1) is 35.5 Å². The number of rotatable bonds is 9. The first-order valence-electron chi connectivity index (χ1n) is 22.0. The molecule has 0 atom stereocenters. The van der Waals surface area contributed by atoms with E-state index < -0.39 is 0 Å². The lowest BCUT2D eigenvalue weighted by Gasteiger charge is -2.34. The van der Waals surface area contributed by atoms with E-state index in [1.807, 2.05) is 69.2 Å². The van der Waals surface area contributed by atoms with Gasteiger partial charge in [0.2, 0.25) is 0 Å². The van der Waals surface area contributed by atoms with E-state index in [0.29, 0.717) is 36.0 Å². The molecule has 0 saturated heterocycles. The summed E-state index contributed by atoms with van der Waals surface area (Å²) >= 11 is 0. The molecule has 0 aliphatic rings. The Morgan fingerprint density at radius 2 is 0.576 bits per heavy atom. The van der Waals surface area contributed by atoms with E-state index in [4.69, 9.17) is 0 Å². The fourth-order valence-corrected chi connectivity index (χ4v) is 6.44. The molecule has 0 bridgehead atoms. The van der Waals surface area contributed by atoms with E-state index in [9.17, 15) is 0 Å². The molecule has 0 amide bonds. The second-order valence-electron chi connectivity index (χ2n) is 14.6. The summed E-state index contributed by atoms with van der Waals surface area (Å²) in [5, 5.41) is 0. The fourth-order valence-electron chi connectivity index (χ4n) is 6.44. The SMILES string of the molecule is C.C.C.C.C=C.C=C.C=NC.C=NC.CC.CC.CC.CC.CC(C)=C(C(C)C)C(C)C.CC(C)=NC(C)C.CC(C)C(C(C)C)C(C)C.CC(C)N(C(C)C)C(C)C. The Bertz CT molecular complexity index is 606. The van der Waals surface area contributed by atoms with Gasteiger partial charge in [-0.25, -0.2) is 0 Å². The molecule has 0 fully saturated rings. The summed E-state index contributed by atoms with van der Waals surface area (Å²) in [5.41, 5.74) is 4.26. The van der Waals surface area contributed by atoms with Crippen LogP contribution in [0.3, 0.4) is 0 Å². The predicted octanol–water partition coefficient (Wildman–Crippen LogP) is 20.5. The molecule has 0 saturated carbocycles. The molecular weight excluding hydrogens is 717 g/mol. The summed E-state index contributed by atoms with van der Waals surface area (Å²) in [6.45, 7) is 83.3. The number of allylic oxidation sites excluding steroid dienone is 2. The summed E-state index contributed by atoms with van der Waals surface area (Å²) in [6, 6.07) is 2.46. The first-order valence-corrected chi connectivity index (χ1v) is 22.0. The van der Waals surface area contributed by atoms with Gasteiger partial charge in [0, 0.05) is 44.0 Å². The van der Waals surface area contributed by atoms with Crippen LogP contribution in [-0.4, -0.2) is 62.3 Å². The van der Waals surface area contributed by atoms with Gasteiger partial charge in [-0.1, -0.05) is 165 Å². The summed E-state index contributed by atoms with van der Waals surface area (Å²) in [7, 11) is 3.28. The van der Waals surface area contributed by atoms with Crippen LogP contribution in [0.2, 0.25) is 0 Å². The summed E-state index contributed by atoms with van der Waals surface area (Å²) in [4.78, 5) is 13.2. The fraction of sp³-hybridized carbons (Fsp3) is 0.836. The van der Waals surface area contributed by atoms with E-state index in [0.717, 1.165) is 29.4 Å². The minimum Gasteiger partial charge on any atom is -0.304 e. The topological polar surface area (TPSA) is 40.3 Å². The lowest BCUT2D eigenvalue weighted by Crippen LogP contribution is -2.42. The lowest BCUT2D eigenvalue weighted by molar-refractivity contribution is 0.133. The zero-order valence-electron chi connectivity index (χ0n) is 45.3. The van der Waals surface area contributed by atoms with Crippen molar-refractivity contribution in [1.82, 2.24) is 4.90 Å². The van der Waals surface area contributed by atoms with E-state index in [-0.39, 0.29) is 29.7 Å². The van der Waals surface area contributed by atoms with E-state index >= 15 is 0 Å². The van der Waals surface area contributed by atoms with Gasteiger partial charge in [-0.2, -0.15) is 0 Å². The number of hydrogen-bond acceptors (Lipinski definition) is 4. The van der Waals surface area contributed by atoms with Crippen LogP contribution >= 0.6 is 0 Å². The summed E-state index contributed by atoms with van der Waals surface area (Å²) < 4.78 is 0. The number of nitrogens with zero attached hydrogens (tertiary/aromatic N) is 4. The molecule has 374 valence electrons. The molecule has 0 N–H and O–H groups in total. The standard InChI is InChI=1S/C10H22.C10H20.C9H21N.C6H13N.2C2H5N.4C2H6.2C2H4.4CH4/c3*1-7(2)10(8(3)4)9(5)6;1-5(2)7-6(3)4;2*1-3-2;6*1-2;;;;/h7-10H,1-6H3;7-8H,1-6H3;7-9H,1-6H3;5H,1-4H3;2*1H2,2H3;4*1-2H3;2*1-2H2;4*1H4. The first kappa shape index (κ1) is 106. The highest BCUT2D eigenvalue weighted by Gasteiger charge is 2.20. The van der Waals surface area contributed by atoms with Crippen molar-refractivity contribution < 1.29 is 0 Å².